The normalized spacial score (nSPS) is 26.3. The summed E-state index contributed by atoms with van der Waals surface area (Å²) in [7, 11) is 0. The first kappa shape index (κ1) is 11.0. The van der Waals surface area contributed by atoms with Crippen molar-refractivity contribution in [1.29, 1.82) is 0 Å². The molecule has 0 spiro atoms. The Hall–Kier alpha value is -0.0400. The summed E-state index contributed by atoms with van der Waals surface area (Å²) >= 11 is 0. The molecule has 0 aliphatic carbocycles. The van der Waals surface area contributed by atoms with Crippen LogP contribution in [0.2, 0.25) is 0 Å². The number of likely N-dealkylation sites (tertiary alicyclic amines) is 1. The van der Waals surface area contributed by atoms with Gasteiger partial charge in [-0.2, -0.15) is 0 Å². The van der Waals surface area contributed by atoms with Gasteiger partial charge in [0.2, 0.25) is 0 Å². The highest BCUT2D eigenvalue weighted by Gasteiger charge is 2.29. The minimum atomic E-state index is 0.375. The maximum Gasteiger partial charge on any atom is 0.0127 e. The predicted octanol–water partition coefficient (Wildman–Crippen LogP) is 3.44. The molecule has 1 rings (SSSR count). The second kappa shape index (κ2) is 4.45. The second-order valence-electron chi connectivity index (χ2n) is 5.30. The fraction of sp³-hybridized carbons (Fsp3) is 1.00. The molecule has 1 heterocycles. The Labute approximate surface area is 83.5 Å². The van der Waals surface area contributed by atoms with E-state index >= 15 is 0 Å². The van der Waals surface area contributed by atoms with E-state index < -0.39 is 0 Å². The van der Waals surface area contributed by atoms with Crippen molar-refractivity contribution in [3.05, 3.63) is 0 Å². The van der Waals surface area contributed by atoms with E-state index in [2.05, 4.69) is 32.6 Å². The van der Waals surface area contributed by atoms with Gasteiger partial charge < -0.3 is 0 Å². The summed E-state index contributed by atoms with van der Waals surface area (Å²) in [4.78, 5) is 2.71. The van der Waals surface area contributed by atoms with Crippen LogP contribution in [0.1, 0.15) is 59.8 Å². The lowest BCUT2D eigenvalue weighted by Gasteiger charge is -2.44. The van der Waals surface area contributed by atoms with E-state index in [0.717, 1.165) is 6.04 Å². The van der Waals surface area contributed by atoms with Crippen molar-refractivity contribution in [3.63, 3.8) is 0 Å². The smallest absolute Gasteiger partial charge is 0.0127 e. The van der Waals surface area contributed by atoms with Crippen molar-refractivity contribution in [2.75, 3.05) is 6.54 Å². The van der Waals surface area contributed by atoms with E-state index in [1.807, 2.05) is 0 Å². The molecule has 1 atom stereocenters. The summed E-state index contributed by atoms with van der Waals surface area (Å²) in [6.45, 7) is 10.7. The molecule has 0 saturated carbocycles. The van der Waals surface area contributed by atoms with Crippen molar-refractivity contribution < 1.29 is 0 Å². The van der Waals surface area contributed by atoms with E-state index in [-0.39, 0.29) is 0 Å². The van der Waals surface area contributed by atoms with Crippen LogP contribution in [0.15, 0.2) is 0 Å². The molecule has 1 fully saturated rings. The molecule has 0 radical (unpaired) electrons. The van der Waals surface area contributed by atoms with Crippen LogP contribution >= 0.6 is 0 Å². The second-order valence-corrected chi connectivity index (χ2v) is 5.30. The highest BCUT2D eigenvalue weighted by Crippen LogP contribution is 2.27. The fourth-order valence-electron chi connectivity index (χ4n) is 2.52. The van der Waals surface area contributed by atoms with Crippen LogP contribution in [-0.2, 0) is 0 Å². The van der Waals surface area contributed by atoms with Gasteiger partial charge in [-0.3, -0.25) is 4.90 Å². The monoisotopic (exact) mass is 183 g/mol. The first-order chi connectivity index (χ1) is 6.05. The third kappa shape index (κ3) is 2.98. The zero-order valence-electron chi connectivity index (χ0n) is 9.77. The van der Waals surface area contributed by atoms with Gasteiger partial charge in [-0.25, -0.2) is 0 Å². The molecular formula is C12H25N. The molecule has 1 saturated heterocycles. The molecule has 1 nitrogen and oxygen atoms in total. The average molecular weight is 183 g/mol. The van der Waals surface area contributed by atoms with Crippen LogP contribution in [0.4, 0.5) is 0 Å². The zero-order chi connectivity index (χ0) is 9.90. The maximum absolute atomic E-state index is 2.71. The van der Waals surface area contributed by atoms with Gasteiger partial charge >= 0.3 is 0 Å². The Balaban J connectivity index is 2.56. The summed E-state index contributed by atoms with van der Waals surface area (Å²) in [6.07, 6.45) is 6.98. The lowest BCUT2D eigenvalue weighted by atomic mass is 9.92. The zero-order valence-corrected chi connectivity index (χ0v) is 9.77. The first-order valence-electron chi connectivity index (χ1n) is 5.82. The Bertz CT molecular complexity index is 144. The lowest BCUT2D eigenvalue weighted by molar-refractivity contribution is 0.0468. The Kier molecular flexibility index (Phi) is 3.78. The highest BCUT2D eigenvalue weighted by molar-refractivity contribution is 4.85. The third-order valence-corrected chi connectivity index (χ3v) is 3.11. The maximum atomic E-state index is 2.71. The topological polar surface area (TPSA) is 3.24 Å². The number of piperidine rings is 1. The van der Waals surface area contributed by atoms with E-state index in [1.54, 1.807) is 0 Å². The standard InChI is InChI=1S/C12H25N/c1-5-8-11-9-6-7-10-13(11)12(2,3)4/h11H,5-10H2,1-4H3. The molecule has 0 bridgehead atoms. The summed E-state index contributed by atoms with van der Waals surface area (Å²) in [5, 5.41) is 0. The van der Waals surface area contributed by atoms with E-state index in [9.17, 15) is 0 Å². The molecule has 0 N–H and O–H groups in total. The highest BCUT2D eigenvalue weighted by atomic mass is 15.2. The molecular weight excluding hydrogens is 158 g/mol. The minimum Gasteiger partial charge on any atom is -0.296 e. The largest absolute Gasteiger partial charge is 0.296 e. The van der Waals surface area contributed by atoms with E-state index in [4.69, 9.17) is 0 Å². The third-order valence-electron chi connectivity index (χ3n) is 3.11. The van der Waals surface area contributed by atoms with Gasteiger partial charge in [0.15, 0.2) is 0 Å². The van der Waals surface area contributed by atoms with Crippen LogP contribution in [0, 0.1) is 0 Å². The minimum absolute atomic E-state index is 0.375. The van der Waals surface area contributed by atoms with Crippen molar-refractivity contribution >= 4 is 0 Å². The number of hydrogen-bond donors (Lipinski definition) is 0. The molecule has 0 aromatic heterocycles. The molecule has 78 valence electrons. The molecule has 0 amide bonds. The van der Waals surface area contributed by atoms with Crippen molar-refractivity contribution in [2.24, 2.45) is 0 Å². The van der Waals surface area contributed by atoms with Gasteiger partial charge in [0.25, 0.3) is 0 Å². The summed E-state index contributed by atoms with van der Waals surface area (Å²) in [5.74, 6) is 0. The number of nitrogens with zero attached hydrogens (tertiary/aromatic N) is 1. The first-order valence-corrected chi connectivity index (χ1v) is 5.82. The van der Waals surface area contributed by atoms with Crippen LogP contribution in [0.5, 0.6) is 0 Å². The summed E-state index contributed by atoms with van der Waals surface area (Å²) < 4.78 is 0. The molecule has 1 aliphatic heterocycles. The van der Waals surface area contributed by atoms with Crippen LogP contribution in [0.3, 0.4) is 0 Å². The molecule has 1 unspecified atom stereocenters. The van der Waals surface area contributed by atoms with Gasteiger partial charge in [0.1, 0.15) is 0 Å². The molecule has 1 aliphatic rings. The van der Waals surface area contributed by atoms with Gasteiger partial charge in [-0.15, -0.1) is 0 Å². The van der Waals surface area contributed by atoms with E-state index in [1.165, 1.54) is 38.6 Å². The molecule has 0 aromatic rings. The number of rotatable bonds is 2. The van der Waals surface area contributed by atoms with Gasteiger partial charge in [-0.1, -0.05) is 19.8 Å². The Morgan fingerprint density at radius 2 is 1.92 bits per heavy atom. The molecule has 0 aromatic carbocycles. The predicted molar refractivity (Wildman–Crippen MR) is 59.0 cm³/mol. The van der Waals surface area contributed by atoms with Crippen LogP contribution in [0.25, 0.3) is 0 Å². The molecule has 13 heavy (non-hydrogen) atoms. The van der Waals surface area contributed by atoms with Crippen molar-refractivity contribution in [3.8, 4) is 0 Å². The Morgan fingerprint density at radius 3 is 2.46 bits per heavy atom. The van der Waals surface area contributed by atoms with Gasteiger partial charge in [0, 0.05) is 11.6 Å². The summed E-state index contributed by atoms with van der Waals surface area (Å²) in [5.41, 5.74) is 0.375. The summed E-state index contributed by atoms with van der Waals surface area (Å²) in [6, 6.07) is 0.860. The average Bonchev–Trinajstić information content (AvgIpc) is 2.04. The van der Waals surface area contributed by atoms with Crippen LogP contribution in [-0.4, -0.2) is 23.0 Å². The van der Waals surface area contributed by atoms with E-state index in [0.29, 0.717) is 5.54 Å². The fourth-order valence-corrected chi connectivity index (χ4v) is 2.52. The van der Waals surface area contributed by atoms with Crippen LogP contribution < -0.4 is 0 Å². The van der Waals surface area contributed by atoms with Crippen molar-refractivity contribution in [1.82, 2.24) is 4.90 Å². The Morgan fingerprint density at radius 1 is 1.23 bits per heavy atom. The van der Waals surface area contributed by atoms with Crippen molar-refractivity contribution in [2.45, 2.75) is 71.4 Å². The SMILES string of the molecule is CCCC1CCCCN1C(C)(C)C. The van der Waals surface area contributed by atoms with Gasteiger partial charge in [0.05, 0.1) is 0 Å². The number of hydrogen-bond acceptors (Lipinski definition) is 1. The molecule has 1 heteroatoms. The lowest BCUT2D eigenvalue weighted by Crippen LogP contribution is -2.50. The van der Waals surface area contributed by atoms with Gasteiger partial charge in [-0.05, 0) is 46.6 Å². The quantitative estimate of drug-likeness (QED) is 0.634.